The van der Waals surface area contributed by atoms with E-state index < -0.39 is 0 Å². The topological polar surface area (TPSA) is 50.5 Å². The van der Waals surface area contributed by atoms with Crippen molar-refractivity contribution in [2.45, 2.75) is 18.6 Å². The second-order valence-corrected chi connectivity index (χ2v) is 5.59. The van der Waals surface area contributed by atoms with E-state index in [9.17, 15) is 0 Å². The Labute approximate surface area is 117 Å². The summed E-state index contributed by atoms with van der Waals surface area (Å²) in [5.74, 6) is 5.68. The molecular weight excluding hydrogens is 294 g/mol. The summed E-state index contributed by atoms with van der Waals surface area (Å²) in [6.07, 6.45) is 0.997. The SMILES string of the molecule is CN1CCOC(C(Cc2ccccc2Br)NN)C1. The number of nitrogens with one attached hydrogen (secondary N) is 1. The van der Waals surface area contributed by atoms with Gasteiger partial charge in [0.2, 0.25) is 0 Å². The molecule has 0 aromatic heterocycles. The third kappa shape index (κ3) is 3.52. The maximum Gasteiger partial charge on any atom is 0.0871 e. The van der Waals surface area contributed by atoms with Crippen molar-refractivity contribution in [3.05, 3.63) is 34.3 Å². The van der Waals surface area contributed by atoms with Gasteiger partial charge in [-0.25, -0.2) is 0 Å². The fraction of sp³-hybridized carbons (Fsp3) is 0.538. The molecular formula is C13H20BrN3O. The van der Waals surface area contributed by atoms with Crippen molar-refractivity contribution < 1.29 is 4.74 Å². The first kappa shape index (κ1) is 14.0. The highest BCUT2D eigenvalue weighted by Gasteiger charge is 2.26. The number of nitrogens with two attached hydrogens (primary N) is 1. The van der Waals surface area contributed by atoms with Crippen LogP contribution in [0.15, 0.2) is 28.7 Å². The molecule has 1 aromatic rings. The monoisotopic (exact) mass is 313 g/mol. The largest absolute Gasteiger partial charge is 0.374 e. The second kappa shape index (κ2) is 6.63. The number of rotatable bonds is 4. The molecule has 100 valence electrons. The van der Waals surface area contributed by atoms with E-state index in [2.05, 4.69) is 45.4 Å². The average Bonchev–Trinajstić information content (AvgIpc) is 2.38. The van der Waals surface area contributed by atoms with Crippen molar-refractivity contribution in [3.63, 3.8) is 0 Å². The summed E-state index contributed by atoms with van der Waals surface area (Å²) in [5, 5.41) is 0. The molecule has 5 heteroatoms. The van der Waals surface area contributed by atoms with E-state index in [0.717, 1.165) is 30.6 Å². The van der Waals surface area contributed by atoms with Crippen LogP contribution in [-0.2, 0) is 11.2 Å². The molecule has 1 heterocycles. The fourth-order valence-electron chi connectivity index (χ4n) is 2.25. The maximum atomic E-state index is 5.81. The van der Waals surface area contributed by atoms with Crippen molar-refractivity contribution in [3.8, 4) is 0 Å². The van der Waals surface area contributed by atoms with Crippen LogP contribution in [-0.4, -0.2) is 43.8 Å². The Hall–Kier alpha value is -0.460. The van der Waals surface area contributed by atoms with Crippen LogP contribution in [0.2, 0.25) is 0 Å². The summed E-state index contributed by atoms with van der Waals surface area (Å²) in [5.41, 5.74) is 4.14. The van der Waals surface area contributed by atoms with Gasteiger partial charge in [0.15, 0.2) is 0 Å². The molecule has 2 rings (SSSR count). The number of hydrogen-bond acceptors (Lipinski definition) is 4. The quantitative estimate of drug-likeness (QED) is 0.647. The molecule has 0 radical (unpaired) electrons. The van der Waals surface area contributed by atoms with Gasteiger partial charge in [-0.1, -0.05) is 34.1 Å². The summed E-state index contributed by atoms with van der Waals surface area (Å²) < 4.78 is 6.93. The lowest BCUT2D eigenvalue weighted by Crippen LogP contribution is -2.54. The van der Waals surface area contributed by atoms with Crippen molar-refractivity contribution in [1.29, 1.82) is 0 Å². The van der Waals surface area contributed by atoms with Crippen LogP contribution in [0, 0.1) is 0 Å². The summed E-state index contributed by atoms with van der Waals surface area (Å²) in [7, 11) is 2.11. The summed E-state index contributed by atoms with van der Waals surface area (Å²) >= 11 is 3.57. The minimum atomic E-state index is 0.131. The molecule has 0 bridgehead atoms. The first-order valence-electron chi connectivity index (χ1n) is 6.20. The van der Waals surface area contributed by atoms with Crippen LogP contribution < -0.4 is 11.3 Å². The van der Waals surface area contributed by atoms with Gasteiger partial charge in [0.1, 0.15) is 0 Å². The van der Waals surface area contributed by atoms with Crippen LogP contribution in [0.1, 0.15) is 5.56 Å². The lowest BCUT2D eigenvalue weighted by molar-refractivity contribution is -0.0384. The van der Waals surface area contributed by atoms with Gasteiger partial charge >= 0.3 is 0 Å². The number of morpholine rings is 1. The molecule has 2 unspecified atom stereocenters. The van der Waals surface area contributed by atoms with Crippen molar-refractivity contribution >= 4 is 15.9 Å². The highest BCUT2D eigenvalue weighted by atomic mass is 79.9. The summed E-state index contributed by atoms with van der Waals surface area (Å²) in [6.45, 7) is 2.68. The van der Waals surface area contributed by atoms with E-state index in [-0.39, 0.29) is 12.1 Å². The second-order valence-electron chi connectivity index (χ2n) is 4.74. The zero-order valence-electron chi connectivity index (χ0n) is 10.6. The lowest BCUT2D eigenvalue weighted by Gasteiger charge is -2.35. The molecule has 4 nitrogen and oxygen atoms in total. The van der Waals surface area contributed by atoms with Crippen LogP contribution >= 0.6 is 15.9 Å². The molecule has 0 amide bonds. The number of hydrazine groups is 1. The van der Waals surface area contributed by atoms with Gasteiger partial charge in [0.25, 0.3) is 0 Å². The fourth-order valence-corrected chi connectivity index (χ4v) is 2.70. The summed E-state index contributed by atoms with van der Waals surface area (Å²) in [6, 6.07) is 8.36. The number of halogens is 1. The molecule has 0 saturated carbocycles. The Balaban J connectivity index is 2.03. The number of benzene rings is 1. The standard InChI is InChI=1S/C13H20BrN3O/c1-17-6-7-18-13(9-17)12(16-15)8-10-4-2-3-5-11(10)14/h2-5,12-13,16H,6-9,15H2,1H3. The van der Waals surface area contributed by atoms with Gasteiger partial charge in [-0.15, -0.1) is 0 Å². The molecule has 3 N–H and O–H groups in total. The van der Waals surface area contributed by atoms with E-state index in [1.54, 1.807) is 0 Å². The van der Waals surface area contributed by atoms with Crippen LogP contribution in [0.25, 0.3) is 0 Å². The first-order chi connectivity index (χ1) is 8.70. The third-order valence-electron chi connectivity index (χ3n) is 3.36. The number of nitrogens with zero attached hydrogens (tertiary/aromatic N) is 1. The number of hydrogen-bond donors (Lipinski definition) is 2. The highest BCUT2D eigenvalue weighted by molar-refractivity contribution is 9.10. The zero-order valence-corrected chi connectivity index (χ0v) is 12.2. The van der Waals surface area contributed by atoms with Gasteiger partial charge in [0.05, 0.1) is 18.8 Å². The first-order valence-corrected chi connectivity index (χ1v) is 6.99. The Bertz CT molecular complexity index is 388. The molecule has 18 heavy (non-hydrogen) atoms. The predicted molar refractivity (Wildman–Crippen MR) is 76.2 cm³/mol. The maximum absolute atomic E-state index is 5.81. The molecule has 0 spiro atoms. The zero-order chi connectivity index (χ0) is 13.0. The summed E-state index contributed by atoms with van der Waals surface area (Å²) in [4.78, 5) is 2.28. The molecule has 1 aliphatic rings. The van der Waals surface area contributed by atoms with Gasteiger partial charge in [-0.05, 0) is 25.1 Å². The van der Waals surface area contributed by atoms with Crippen LogP contribution in [0.3, 0.4) is 0 Å². The Morgan fingerprint density at radius 3 is 3.00 bits per heavy atom. The van der Waals surface area contributed by atoms with Crippen LogP contribution in [0.5, 0.6) is 0 Å². The lowest BCUT2D eigenvalue weighted by atomic mass is 10.0. The van der Waals surface area contributed by atoms with Crippen molar-refractivity contribution in [2.24, 2.45) is 5.84 Å². The minimum absolute atomic E-state index is 0.131. The van der Waals surface area contributed by atoms with Crippen molar-refractivity contribution in [1.82, 2.24) is 10.3 Å². The predicted octanol–water partition coefficient (Wildman–Crippen LogP) is 1.15. The Morgan fingerprint density at radius 2 is 2.33 bits per heavy atom. The van der Waals surface area contributed by atoms with E-state index in [1.165, 1.54) is 5.56 Å². The van der Waals surface area contributed by atoms with E-state index in [4.69, 9.17) is 10.6 Å². The van der Waals surface area contributed by atoms with Gasteiger partial charge < -0.3 is 9.64 Å². The minimum Gasteiger partial charge on any atom is -0.374 e. The smallest absolute Gasteiger partial charge is 0.0871 e. The Morgan fingerprint density at radius 1 is 1.56 bits per heavy atom. The van der Waals surface area contributed by atoms with Gasteiger partial charge in [0, 0.05) is 17.6 Å². The molecule has 1 aliphatic heterocycles. The third-order valence-corrected chi connectivity index (χ3v) is 4.13. The number of ether oxygens (including phenoxy) is 1. The van der Waals surface area contributed by atoms with Gasteiger partial charge in [-0.3, -0.25) is 11.3 Å². The van der Waals surface area contributed by atoms with Crippen molar-refractivity contribution in [2.75, 3.05) is 26.7 Å². The highest BCUT2D eigenvalue weighted by Crippen LogP contribution is 2.19. The van der Waals surface area contributed by atoms with E-state index in [0.29, 0.717) is 0 Å². The molecule has 0 aliphatic carbocycles. The average molecular weight is 314 g/mol. The molecule has 1 fully saturated rings. The molecule has 1 aromatic carbocycles. The van der Waals surface area contributed by atoms with E-state index in [1.807, 2.05) is 12.1 Å². The number of likely N-dealkylation sites (N-methyl/N-ethyl adjacent to an activating group) is 1. The Kier molecular flexibility index (Phi) is 5.14. The molecule has 1 saturated heterocycles. The van der Waals surface area contributed by atoms with Gasteiger partial charge in [-0.2, -0.15) is 0 Å². The van der Waals surface area contributed by atoms with Crippen LogP contribution in [0.4, 0.5) is 0 Å². The normalized spacial score (nSPS) is 22.9. The van der Waals surface area contributed by atoms with E-state index >= 15 is 0 Å². The molecule has 2 atom stereocenters.